The zero-order chi connectivity index (χ0) is 19.7. The molecule has 0 radical (unpaired) electrons. The molecule has 3 heterocycles. The number of hydrogen-bond donors (Lipinski definition) is 1. The van der Waals surface area contributed by atoms with Crippen LogP contribution in [-0.2, 0) is 23.6 Å². The molecule has 1 N–H and O–H groups in total. The first-order valence-electron chi connectivity index (χ1n) is 8.39. The van der Waals surface area contributed by atoms with E-state index in [1.54, 1.807) is 31.2 Å². The molecular formula is C17H15BN4O6. The van der Waals surface area contributed by atoms with Crippen LogP contribution in [0.15, 0.2) is 63.3 Å². The van der Waals surface area contributed by atoms with E-state index in [4.69, 9.17) is 18.4 Å². The summed E-state index contributed by atoms with van der Waals surface area (Å²) in [6, 6.07) is 12.3. The number of hydrogen-bond acceptors (Lipinski definition) is 9. The number of fused-ring (bicyclic) bond motifs is 1. The molecule has 1 unspecified atom stereocenters. The highest BCUT2D eigenvalue weighted by atomic mass is 16.8. The summed E-state index contributed by atoms with van der Waals surface area (Å²) in [4.78, 5) is 24.2. The van der Waals surface area contributed by atoms with Crippen LogP contribution in [0, 0.1) is 0 Å². The number of anilines is 1. The van der Waals surface area contributed by atoms with E-state index in [0.717, 1.165) is 0 Å². The Balaban J connectivity index is 1.76. The Morgan fingerprint density at radius 1 is 1.21 bits per heavy atom. The molecule has 11 heteroatoms. The fraction of sp³-hybridized carbons (Fsp3) is 0.118. The van der Waals surface area contributed by atoms with Crippen molar-refractivity contribution in [2.45, 2.75) is 13.8 Å². The van der Waals surface area contributed by atoms with Crippen molar-refractivity contribution in [3.63, 3.8) is 0 Å². The molecule has 0 aliphatic carbocycles. The number of hydrazone groups is 2. The van der Waals surface area contributed by atoms with Gasteiger partial charge in [-0.3, -0.25) is 10.2 Å². The molecule has 1 aromatic carbocycles. The molecule has 142 valence electrons. The first kappa shape index (κ1) is 17.5. The number of nitrogens with one attached hydrogen (secondary N) is 1. The zero-order valence-electron chi connectivity index (χ0n) is 15.0. The molecule has 0 saturated carbocycles. The van der Waals surface area contributed by atoms with Crippen LogP contribution in [0.25, 0.3) is 0 Å². The average Bonchev–Trinajstić information content (AvgIpc) is 3.30. The van der Waals surface area contributed by atoms with E-state index >= 15 is 0 Å². The first-order chi connectivity index (χ1) is 13.5. The van der Waals surface area contributed by atoms with Gasteiger partial charge < -0.3 is 18.4 Å². The maximum atomic E-state index is 12.6. The summed E-state index contributed by atoms with van der Waals surface area (Å²) < 4.78 is 22.6. The van der Waals surface area contributed by atoms with Crippen molar-refractivity contribution < 1.29 is 32.6 Å². The summed E-state index contributed by atoms with van der Waals surface area (Å²) in [7, 11) is 0. The minimum absolute atomic E-state index is 0.00988. The Bertz CT molecular complexity index is 1030. The van der Waals surface area contributed by atoms with Crippen LogP contribution in [0.1, 0.15) is 19.6 Å². The lowest BCUT2D eigenvalue weighted by molar-refractivity contribution is -0.443. The number of carbonyl (C=O) groups is 2. The number of nitrogens with zero attached hydrogens (tertiary/aromatic N) is 3. The fourth-order valence-corrected chi connectivity index (χ4v) is 2.79. The van der Waals surface area contributed by atoms with Gasteiger partial charge in [0.2, 0.25) is 5.71 Å². The van der Waals surface area contributed by atoms with Gasteiger partial charge in [0.15, 0.2) is 11.5 Å². The molecule has 0 saturated heterocycles. The highest BCUT2D eigenvalue weighted by molar-refractivity contribution is 6.74. The molecule has 2 aliphatic rings. The molecule has 1 atom stereocenters. The lowest BCUT2D eigenvalue weighted by Gasteiger charge is -2.30. The summed E-state index contributed by atoms with van der Waals surface area (Å²) in [6.45, 7) is -0.238. The van der Waals surface area contributed by atoms with Crippen LogP contribution in [0.5, 0.6) is 0 Å². The van der Waals surface area contributed by atoms with Crippen LogP contribution < -0.4 is 5.43 Å². The van der Waals surface area contributed by atoms with Gasteiger partial charge >= 0.3 is 12.9 Å². The number of rotatable bonds is 4. The Labute approximate surface area is 159 Å². The second kappa shape index (κ2) is 6.69. The largest absolute Gasteiger partial charge is 0.908 e. The Morgan fingerprint density at radius 3 is 2.68 bits per heavy atom. The smallest absolute Gasteiger partial charge is 0.560 e. The summed E-state index contributed by atoms with van der Waals surface area (Å²) in [5.74, 6) is -1.23. The van der Waals surface area contributed by atoms with E-state index in [-0.39, 0.29) is 23.1 Å². The van der Waals surface area contributed by atoms with Crippen molar-refractivity contribution in [1.82, 2.24) is 0 Å². The highest BCUT2D eigenvalue weighted by Crippen LogP contribution is 2.26. The fourth-order valence-electron chi connectivity index (χ4n) is 2.79. The molecule has 1 aromatic heterocycles. The molecule has 28 heavy (non-hydrogen) atoms. The average molecular weight is 382 g/mol. The summed E-state index contributed by atoms with van der Waals surface area (Å²) in [6.07, 6.45) is 1.43. The lowest BCUT2D eigenvalue weighted by Crippen LogP contribution is -2.61. The van der Waals surface area contributed by atoms with E-state index in [9.17, 15) is 9.59 Å². The van der Waals surface area contributed by atoms with Crippen molar-refractivity contribution in [2.24, 2.45) is 10.2 Å². The third kappa shape index (κ3) is 3.02. The Morgan fingerprint density at radius 2 is 2.00 bits per heavy atom. The van der Waals surface area contributed by atoms with Crippen LogP contribution in [0.2, 0.25) is 0 Å². The third-order valence-corrected chi connectivity index (χ3v) is 4.01. The Kier molecular flexibility index (Phi) is 4.19. The van der Waals surface area contributed by atoms with Crippen LogP contribution in [0.4, 0.5) is 5.69 Å². The van der Waals surface area contributed by atoms with Gasteiger partial charge in [-0.05, 0) is 29.4 Å². The summed E-state index contributed by atoms with van der Waals surface area (Å²) in [5.41, 5.74) is 3.69. The third-order valence-electron chi connectivity index (χ3n) is 4.01. The lowest BCUT2D eigenvalue weighted by atomic mass is 9.93. The number of furan rings is 1. The van der Waals surface area contributed by atoms with Crippen molar-refractivity contribution in [1.29, 1.82) is 0 Å². The van der Waals surface area contributed by atoms with Gasteiger partial charge in [0.1, 0.15) is 0 Å². The number of benzene rings is 1. The molecule has 0 fully saturated rings. The zero-order valence-corrected chi connectivity index (χ0v) is 15.0. The maximum absolute atomic E-state index is 12.6. The van der Waals surface area contributed by atoms with E-state index in [1.165, 1.54) is 17.8 Å². The van der Waals surface area contributed by atoms with Gasteiger partial charge in [-0.1, -0.05) is 18.2 Å². The molecule has 0 amide bonds. The van der Waals surface area contributed by atoms with Gasteiger partial charge in [0.25, 0.3) is 11.9 Å². The molecule has 2 aliphatic heterocycles. The van der Waals surface area contributed by atoms with Crippen LogP contribution in [0.3, 0.4) is 0 Å². The predicted molar refractivity (Wildman–Crippen MR) is 98.4 cm³/mol. The predicted octanol–water partition coefficient (Wildman–Crippen LogP) is 1.47. The first-order valence-corrected chi connectivity index (χ1v) is 8.39. The van der Waals surface area contributed by atoms with Gasteiger partial charge in [0, 0.05) is 13.8 Å². The van der Waals surface area contributed by atoms with Crippen LogP contribution in [-0.4, -0.2) is 40.7 Å². The number of carbonyl (C=O) groups excluding carboxylic acids is 2. The maximum Gasteiger partial charge on any atom is 0.908 e. The van der Waals surface area contributed by atoms with E-state index < -0.39 is 18.8 Å². The van der Waals surface area contributed by atoms with Crippen molar-refractivity contribution in [3.05, 3.63) is 54.5 Å². The normalized spacial score (nSPS) is 22.3. The molecule has 10 nitrogen and oxygen atoms in total. The van der Waals surface area contributed by atoms with E-state index in [1.807, 2.05) is 18.2 Å². The molecular weight excluding hydrogens is 367 g/mol. The topological polar surface area (TPSA) is 115 Å². The Hall–Kier alpha value is -3.89. The molecule has 4 rings (SSSR count). The van der Waals surface area contributed by atoms with E-state index in [0.29, 0.717) is 5.69 Å². The van der Waals surface area contributed by atoms with Crippen molar-refractivity contribution in [2.75, 3.05) is 5.43 Å². The summed E-state index contributed by atoms with van der Waals surface area (Å²) >= 11 is 0. The minimum Gasteiger partial charge on any atom is -0.560 e. The van der Waals surface area contributed by atoms with Crippen molar-refractivity contribution >= 4 is 41.8 Å². The van der Waals surface area contributed by atoms with Gasteiger partial charge in [-0.25, -0.2) is 4.79 Å². The van der Waals surface area contributed by atoms with Gasteiger partial charge in [0.05, 0.1) is 12.0 Å². The van der Waals surface area contributed by atoms with Crippen LogP contribution >= 0.6 is 0 Å². The second-order valence-corrected chi connectivity index (χ2v) is 5.99. The highest BCUT2D eigenvalue weighted by Gasteiger charge is 2.66. The molecule has 0 bridgehead atoms. The van der Waals surface area contributed by atoms with Crippen molar-refractivity contribution in [3.8, 4) is 0 Å². The molecule has 2 aromatic rings. The quantitative estimate of drug-likeness (QED) is 0.629. The van der Waals surface area contributed by atoms with E-state index in [2.05, 4.69) is 15.6 Å². The SMILES string of the molecule is CC(=O)O[B-]12OC(=O)/C(=N/Nc3ccccc3)C(C)=[N+]1N=C(c1ccco1)O2. The minimum atomic E-state index is -3.00. The number of para-hydroxylation sites is 1. The molecule has 0 spiro atoms. The standard InChI is InChI=1S/C17H15BN4O6/c1-11-15(20-19-13-7-4-3-5-8-13)17(24)28-18(26-12(2)23)22(11)21-16(27-18)14-9-6-10-25-14/h3-10,19H,1-2H3/b20-15+. The second-order valence-electron chi connectivity index (χ2n) is 5.99. The summed E-state index contributed by atoms with van der Waals surface area (Å²) in [5, 5.41) is 8.37. The van der Waals surface area contributed by atoms with Gasteiger partial charge in [-0.15, -0.1) is 0 Å². The van der Waals surface area contributed by atoms with Gasteiger partial charge in [-0.2, -0.15) is 9.70 Å². The monoisotopic (exact) mass is 382 g/mol.